The molecule has 2 N–H and O–H groups in total. The molecule has 1 saturated carbocycles. The molecule has 5 nitrogen and oxygen atoms in total. The molecule has 1 aliphatic heterocycles. The van der Waals surface area contributed by atoms with E-state index in [-0.39, 0.29) is 18.1 Å². The average molecular weight is 304 g/mol. The summed E-state index contributed by atoms with van der Waals surface area (Å²) in [4.78, 5) is 14.0. The third-order valence-corrected chi connectivity index (χ3v) is 4.47. The Kier molecular flexibility index (Phi) is 4.36. The molecular weight excluding hydrogens is 280 g/mol. The van der Waals surface area contributed by atoms with E-state index in [1.165, 1.54) is 5.56 Å². The van der Waals surface area contributed by atoms with E-state index in [0.717, 1.165) is 37.2 Å². The van der Waals surface area contributed by atoms with E-state index in [1.54, 1.807) is 0 Å². The van der Waals surface area contributed by atoms with Crippen molar-refractivity contribution in [1.82, 2.24) is 10.2 Å². The maximum absolute atomic E-state index is 12.2. The van der Waals surface area contributed by atoms with Crippen molar-refractivity contribution in [3.63, 3.8) is 0 Å². The van der Waals surface area contributed by atoms with Crippen LogP contribution in [0.25, 0.3) is 0 Å². The van der Waals surface area contributed by atoms with Crippen molar-refractivity contribution < 1.29 is 14.6 Å². The average Bonchev–Trinajstić information content (AvgIpc) is 2.88. The first-order valence-electron chi connectivity index (χ1n) is 7.90. The van der Waals surface area contributed by atoms with Gasteiger partial charge in [-0.2, -0.15) is 0 Å². The van der Waals surface area contributed by atoms with E-state index in [4.69, 9.17) is 4.74 Å². The molecule has 0 spiro atoms. The van der Waals surface area contributed by atoms with E-state index in [2.05, 4.69) is 11.4 Å². The Balaban J connectivity index is 1.77. The number of aliphatic hydroxyl groups is 1. The lowest BCUT2D eigenvalue weighted by Crippen LogP contribution is -2.43. The van der Waals surface area contributed by atoms with Crippen LogP contribution in [0.4, 0.5) is 0 Å². The number of amides is 1. The minimum absolute atomic E-state index is 0.0214. The van der Waals surface area contributed by atoms with Gasteiger partial charge in [-0.3, -0.25) is 4.79 Å². The highest BCUT2D eigenvalue weighted by atomic mass is 16.5. The Morgan fingerprint density at radius 3 is 2.91 bits per heavy atom. The molecule has 1 aromatic carbocycles. The number of carbonyl (C=O) groups excluding carboxylic acids is 1. The number of fused-ring (bicyclic) bond motifs is 1. The zero-order chi connectivity index (χ0) is 15.7. The predicted octanol–water partition coefficient (Wildman–Crippen LogP) is 1.11. The van der Waals surface area contributed by atoms with E-state index >= 15 is 0 Å². The molecule has 0 radical (unpaired) electrons. The minimum atomic E-state index is -0.226. The van der Waals surface area contributed by atoms with Gasteiger partial charge in [-0.1, -0.05) is 6.07 Å². The zero-order valence-electron chi connectivity index (χ0n) is 13.2. The Morgan fingerprint density at radius 2 is 2.23 bits per heavy atom. The molecule has 5 heteroatoms. The molecule has 1 aliphatic carbocycles. The molecule has 22 heavy (non-hydrogen) atoms. The smallest absolute Gasteiger partial charge is 0.234 e. The first-order chi connectivity index (χ1) is 10.5. The fourth-order valence-corrected chi connectivity index (χ4v) is 3.28. The number of likely N-dealkylation sites (N-methyl/N-ethyl adjacent to an activating group) is 1. The van der Waals surface area contributed by atoms with E-state index in [1.807, 2.05) is 31.1 Å². The highest BCUT2D eigenvalue weighted by Crippen LogP contribution is 2.39. The second kappa shape index (κ2) is 6.26. The lowest BCUT2D eigenvalue weighted by atomic mass is 9.75. The van der Waals surface area contributed by atoms with Gasteiger partial charge in [-0.15, -0.1) is 0 Å². The number of nitrogens with zero attached hydrogens (tertiary/aromatic N) is 1. The maximum atomic E-state index is 12.2. The minimum Gasteiger partial charge on any atom is -0.493 e. The molecule has 1 atom stereocenters. The van der Waals surface area contributed by atoms with Gasteiger partial charge in [0.15, 0.2) is 0 Å². The summed E-state index contributed by atoms with van der Waals surface area (Å²) in [7, 11) is 3.77. The van der Waals surface area contributed by atoms with E-state index in [0.29, 0.717) is 12.5 Å². The highest BCUT2D eigenvalue weighted by Gasteiger charge is 2.36. The summed E-state index contributed by atoms with van der Waals surface area (Å²) in [6, 6.07) is 6.16. The molecule has 0 saturated heterocycles. The summed E-state index contributed by atoms with van der Waals surface area (Å²) in [5.74, 6) is 1.28. The van der Waals surface area contributed by atoms with Crippen LogP contribution in [0.1, 0.15) is 30.0 Å². The number of ether oxygens (including phenoxy) is 1. The second-order valence-corrected chi connectivity index (χ2v) is 6.63. The topological polar surface area (TPSA) is 61.8 Å². The van der Waals surface area contributed by atoms with Gasteiger partial charge in [-0.05, 0) is 56.1 Å². The van der Waals surface area contributed by atoms with Crippen molar-refractivity contribution in [2.24, 2.45) is 5.92 Å². The van der Waals surface area contributed by atoms with Gasteiger partial charge >= 0.3 is 0 Å². The lowest BCUT2D eigenvalue weighted by Gasteiger charge is -2.38. The van der Waals surface area contributed by atoms with Crippen molar-refractivity contribution in [2.75, 3.05) is 27.2 Å². The Bertz CT molecular complexity index is 553. The summed E-state index contributed by atoms with van der Waals surface area (Å²) < 4.78 is 5.55. The first kappa shape index (κ1) is 15.3. The fourth-order valence-electron chi connectivity index (χ4n) is 3.28. The fraction of sp³-hybridized carbons (Fsp3) is 0.588. The highest BCUT2D eigenvalue weighted by molar-refractivity contribution is 5.78. The molecule has 1 heterocycles. The van der Waals surface area contributed by atoms with Gasteiger partial charge in [0.25, 0.3) is 0 Å². The first-order valence-corrected chi connectivity index (χ1v) is 7.90. The van der Waals surface area contributed by atoms with Gasteiger partial charge < -0.3 is 20.1 Å². The van der Waals surface area contributed by atoms with Gasteiger partial charge in [0.05, 0.1) is 25.3 Å². The summed E-state index contributed by atoms with van der Waals surface area (Å²) in [5.41, 5.74) is 2.33. The van der Waals surface area contributed by atoms with Gasteiger partial charge in [-0.25, -0.2) is 0 Å². The van der Waals surface area contributed by atoms with Crippen LogP contribution in [-0.4, -0.2) is 49.3 Å². The predicted molar refractivity (Wildman–Crippen MR) is 83.8 cm³/mol. The Labute approximate surface area is 131 Å². The summed E-state index contributed by atoms with van der Waals surface area (Å²) in [6.45, 7) is 1.11. The quantitative estimate of drug-likeness (QED) is 0.855. The number of aliphatic hydroxyl groups excluding tert-OH is 1. The standard InChI is InChI=1S/C17H24N2O3/c1-19(2)10-16(21)18-17(13-8-14(20)9-13)12-3-4-15-11(7-12)5-6-22-15/h3-4,7,13-14,17,20H,5-6,8-10H2,1-2H3,(H,18,21)/t13?,14?,17-/m0/s1. The molecular formula is C17H24N2O3. The van der Waals surface area contributed by atoms with Crippen LogP contribution in [0, 0.1) is 5.92 Å². The second-order valence-electron chi connectivity index (χ2n) is 6.63. The van der Waals surface area contributed by atoms with Crippen LogP contribution in [0.5, 0.6) is 5.75 Å². The molecule has 0 aromatic heterocycles. The molecule has 1 fully saturated rings. The molecule has 0 unspecified atom stereocenters. The molecule has 120 valence electrons. The molecule has 1 aromatic rings. The number of hydrogen-bond acceptors (Lipinski definition) is 4. The summed E-state index contributed by atoms with van der Waals surface area (Å²) in [6.07, 6.45) is 2.20. The largest absolute Gasteiger partial charge is 0.493 e. The van der Waals surface area contributed by atoms with Crippen LogP contribution < -0.4 is 10.1 Å². The maximum Gasteiger partial charge on any atom is 0.234 e. The van der Waals surface area contributed by atoms with Gasteiger partial charge in [0.1, 0.15) is 5.75 Å². The molecule has 2 aliphatic rings. The normalized spacial score (nSPS) is 24.4. The van der Waals surface area contributed by atoms with Crippen molar-refractivity contribution in [3.8, 4) is 5.75 Å². The number of hydrogen-bond donors (Lipinski definition) is 2. The van der Waals surface area contributed by atoms with Gasteiger partial charge in [0.2, 0.25) is 5.91 Å². The van der Waals surface area contributed by atoms with Crippen LogP contribution in [0.3, 0.4) is 0 Å². The number of carbonyl (C=O) groups is 1. The molecule has 3 rings (SSSR count). The van der Waals surface area contributed by atoms with Crippen molar-refractivity contribution >= 4 is 5.91 Å². The Morgan fingerprint density at radius 1 is 1.45 bits per heavy atom. The zero-order valence-corrected chi connectivity index (χ0v) is 13.2. The number of rotatable bonds is 5. The number of nitrogens with one attached hydrogen (secondary N) is 1. The SMILES string of the molecule is CN(C)CC(=O)N[C@@H](c1ccc2c(c1)CCO2)C1CC(O)C1. The van der Waals surface area contributed by atoms with Gasteiger partial charge in [0, 0.05) is 6.42 Å². The lowest BCUT2D eigenvalue weighted by molar-refractivity contribution is -0.123. The van der Waals surface area contributed by atoms with Crippen LogP contribution >= 0.6 is 0 Å². The molecule has 0 bridgehead atoms. The third kappa shape index (κ3) is 3.25. The summed E-state index contributed by atoms with van der Waals surface area (Å²) >= 11 is 0. The van der Waals surface area contributed by atoms with Crippen LogP contribution in [-0.2, 0) is 11.2 Å². The van der Waals surface area contributed by atoms with E-state index in [9.17, 15) is 9.90 Å². The monoisotopic (exact) mass is 304 g/mol. The Hall–Kier alpha value is -1.59. The van der Waals surface area contributed by atoms with Crippen LogP contribution in [0.2, 0.25) is 0 Å². The van der Waals surface area contributed by atoms with Crippen LogP contribution in [0.15, 0.2) is 18.2 Å². The van der Waals surface area contributed by atoms with Crippen molar-refractivity contribution in [3.05, 3.63) is 29.3 Å². The van der Waals surface area contributed by atoms with Crippen molar-refractivity contribution in [2.45, 2.75) is 31.4 Å². The third-order valence-electron chi connectivity index (χ3n) is 4.47. The number of benzene rings is 1. The summed E-state index contributed by atoms with van der Waals surface area (Å²) in [5, 5.41) is 12.8. The molecule has 1 amide bonds. The van der Waals surface area contributed by atoms with Crippen molar-refractivity contribution in [1.29, 1.82) is 0 Å². The van der Waals surface area contributed by atoms with E-state index < -0.39 is 0 Å².